The molecule has 8 heterocycles. The van der Waals surface area contributed by atoms with Gasteiger partial charge in [0.05, 0.1) is 44.1 Å². The van der Waals surface area contributed by atoms with Crippen molar-refractivity contribution in [3.8, 4) is 114 Å². The van der Waals surface area contributed by atoms with Crippen molar-refractivity contribution in [2.24, 2.45) is 0 Å². The first-order valence-corrected chi connectivity index (χ1v) is 42.5. The van der Waals surface area contributed by atoms with Crippen LogP contribution in [-0.4, -0.2) is 58.8 Å². The van der Waals surface area contributed by atoms with Crippen molar-refractivity contribution in [1.29, 1.82) is 0 Å². The first-order chi connectivity index (χ1) is 62.5. The smallest absolute Gasteiger partial charge is 0.258 e. The molecule has 8 aromatic heterocycles. The Labute approximate surface area is 731 Å². The van der Waals surface area contributed by atoms with Crippen molar-refractivity contribution < 1.29 is 18.1 Å². The predicted octanol–water partition coefficient (Wildman–Crippen LogP) is 28.2. The van der Waals surface area contributed by atoms with E-state index in [1.165, 1.54) is 104 Å². The molecule has 127 heavy (non-hydrogen) atoms. The maximum Gasteiger partial charge on any atom is 0.258 e. The molecule has 16 aromatic carbocycles. The average molecular weight is 1650 g/mol. The second-order valence-corrected chi connectivity index (χ2v) is 32.5. The van der Waals surface area contributed by atoms with Gasteiger partial charge in [-0.15, -0.1) is 0 Å². The minimum absolute atomic E-state index is 0.0989. The van der Waals surface area contributed by atoms with Crippen LogP contribution in [0, 0.1) is 6.92 Å². The summed E-state index contributed by atoms with van der Waals surface area (Å²) in [5.41, 5.74) is 25.4. The minimum atomic E-state index is 0.0989. The van der Waals surface area contributed by atoms with Gasteiger partial charge in [-0.05, 0) is 194 Å². The standard InChI is InChI=1S/C30H25N3O.C28H21N3O.C27H19N3O.C26H17N3O/c1-30(2,3)22-15-18-27-25(19-22)24-11-7-8-12-26(24)33(27)23-16-13-21(14-17-23)29-31-28(32-34-29)20-9-5-4-6-10-20;1-2-19-12-17-26-24(18-19)23-10-6-7-11-25(23)31(26)22-15-13-21(14-16-22)28-29-27(30-32-28)20-8-4-3-5-9-20;1-18-11-16-25-23(17-18)22-9-5-6-10-24(22)30(25)21-14-12-20(13-15-21)27-28-26(29-31-27)19-7-3-2-4-8-19;1-2-8-18(9-3-1)25-27-26(30-28-25)19-14-16-20(17-15-19)29-23-12-6-4-10-21(23)22-11-5-7-13-24(22)29/h4-19H,1-3H3;3-18H,2H2,1H3;2-17H,1H3;1-17H. The lowest BCUT2D eigenvalue weighted by atomic mass is 9.86. The van der Waals surface area contributed by atoms with Crippen LogP contribution in [-0.2, 0) is 11.8 Å². The Bertz CT molecular complexity index is 8020. The topological polar surface area (TPSA) is 175 Å². The normalized spacial score (nSPS) is 11.5. The van der Waals surface area contributed by atoms with Crippen molar-refractivity contribution >= 4 is 87.2 Å². The Kier molecular flexibility index (Phi) is 20.3. The van der Waals surface area contributed by atoms with E-state index in [4.69, 9.17) is 18.1 Å². The van der Waals surface area contributed by atoms with Gasteiger partial charge in [0.15, 0.2) is 0 Å². The molecule has 0 saturated heterocycles. The SMILES string of the molecule is CC(C)(C)c1ccc2c(c1)c1ccccc1n2-c1ccc(-c2nc(-c3ccccc3)no2)cc1.CCc1ccc2c(c1)c1ccccc1n2-c1ccc(-c2nc(-c3ccccc3)no2)cc1.Cc1ccc2c(c1)c1ccccc1n2-c1ccc(-c2nc(-c3ccccc3)no2)cc1.c1ccc(-c2noc(-c3ccc(-n4c5ccccc5c5ccccc54)cc3)n2)cc1. The third-order valence-electron chi connectivity index (χ3n) is 23.4. The third kappa shape index (κ3) is 15.0. The second kappa shape index (κ2) is 33.3. The number of rotatable bonds is 13. The Balaban J connectivity index is 0.000000103. The van der Waals surface area contributed by atoms with Crippen LogP contribution in [0.1, 0.15) is 44.4 Å². The molecule has 0 atom stereocenters. The van der Waals surface area contributed by atoms with Crippen LogP contribution in [0.5, 0.6) is 0 Å². The highest BCUT2D eigenvalue weighted by Gasteiger charge is 2.23. The number of nitrogens with zero attached hydrogens (tertiary/aromatic N) is 12. The van der Waals surface area contributed by atoms with E-state index < -0.39 is 0 Å². The number of hydrogen-bond donors (Lipinski definition) is 0. The number of para-hydroxylation sites is 5. The van der Waals surface area contributed by atoms with Crippen molar-refractivity contribution in [3.63, 3.8) is 0 Å². The van der Waals surface area contributed by atoms with Gasteiger partial charge in [0.2, 0.25) is 23.3 Å². The maximum atomic E-state index is 5.55. The molecular weight excluding hydrogens is 1570 g/mol. The molecule has 24 rings (SSSR count). The number of fused-ring (bicyclic) bond motifs is 12. The van der Waals surface area contributed by atoms with E-state index in [0.717, 1.165) is 73.7 Å². The van der Waals surface area contributed by atoms with Gasteiger partial charge in [0, 0.05) is 110 Å². The van der Waals surface area contributed by atoms with Crippen molar-refractivity contribution in [1.82, 2.24) is 58.8 Å². The van der Waals surface area contributed by atoms with Crippen LogP contribution < -0.4 is 0 Å². The lowest BCUT2D eigenvalue weighted by molar-refractivity contribution is 0.432. The van der Waals surface area contributed by atoms with Gasteiger partial charge in [0.1, 0.15) is 0 Å². The summed E-state index contributed by atoms with van der Waals surface area (Å²) >= 11 is 0. The molecule has 610 valence electrons. The van der Waals surface area contributed by atoms with E-state index >= 15 is 0 Å². The van der Waals surface area contributed by atoms with Gasteiger partial charge in [-0.25, -0.2) is 0 Å². The Morgan fingerprint density at radius 2 is 0.472 bits per heavy atom. The lowest BCUT2D eigenvalue weighted by Gasteiger charge is -2.19. The van der Waals surface area contributed by atoms with Crippen LogP contribution in [0.25, 0.3) is 201 Å². The van der Waals surface area contributed by atoms with Crippen LogP contribution in [0.15, 0.2) is 412 Å². The van der Waals surface area contributed by atoms with Gasteiger partial charge in [0.25, 0.3) is 23.6 Å². The van der Waals surface area contributed by atoms with Crippen LogP contribution in [0.3, 0.4) is 0 Å². The lowest BCUT2D eigenvalue weighted by Crippen LogP contribution is -2.10. The molecule has 16 heteroatoms. The summed E-state index contributed by atoms with van der Waals surface area (Å²) in [6, 6.07) is 135. The van der Waals surface area contributed by atoms with E-state index in [1.807, 2.05) is 170 Å². The first-order valence-electron chi connectivity index (χ1n) is 42.5. The fourth-order valence-corrected chi connectivity index (χ4v) is 17.0. The quantitative estimate of drug-likeness (QED) is 0.107. The number of hydrogen-bond acceptors (Lipinski definition) is 12. The van der Waals surface area contributed by atoms with Crippen molar-refractivity contribution in [2.45, 2.75) is 46.5 Å². The average Bonchev–Trinajstić information content (AvgIpc) is 1.61. The summed E-state index contributed by atoms with van der Waals surface area (Å²) in [7, 11) is 0. The van der Waals surface area contributed by atoms with Gasteiger partial charge >= 0.3 is 0 Å². The van der Waals surface area contributed by atoms with E-state index in [1.54, 1.807) is 0 Å². The molecule has 0 saturated carbocycles. The summed E-state index contributed by atoms with van der Waals surface area (Å²) in [5, 5.41) is 26.7. The molecule has 0 aliphatic carbocycles. The van der Waals surface area contributed by atoms with E-state index in [2.05, 4.69) is 318 Å². The number of aromatic nitrogens is 12. The molecule has 0 amide bonds. The molecule has 0 aliphatic rings. The Morgan fingerprint density at radius 3 is 0.764 bits per heavy atom. The Morgan fingerprint density at radius 1 is 0.228 bits per heavy atom. The largest absolute Gasteiger partial charge is 0.334 e. The summed E-state index contributed by atoms with van der Waals surface area (Å²) < 4.78 is 31.3. The Hall–Kier alpha value is -16.7. The second-order valence-electron chi connectivity index (χ2n) is 32.5. The molecule has 0 spiro atoms. The van der Waals surface area contributed by atoms with Crippen LogP contribution in [0.4, 0.5) is 0 Å². The maximum absolute atomic E-state index is 5.55. The van der Waals surface area contributed by atoms with E-state index in [0.29, 0.717) is 46.9 Å². The van der Waals surface area contributed by atoms with Crippen LogP contribution >= 0.6 is 0 Å². The van der Waals surface area contributed by atoms with Gasteiger partial charge in [-0.2, -0.15) is 19.9 Å². The summed E-state index contributed by atoms with van der Waals surface area (Å²) in [6.07, 6.45) is 1.03. The van der Waals surface area contributed by atoms with Crippen molar-refractivity contribution in [2.75, 3.05) is 0 Å². The molecule has 0 bridgehead atoms. The molecule has 0 radical (unpaired) electrons. The van der Waals surface area contributed by atoms with Crippen molar-refractivity contribution in [3.05, 3.63) is 411 Å². The highest BCUT2D eigenvalue weighted by atomic mass is 16.5. The minimum Gasteiger partial charge on any atom is -0.334 e. The zero-order valence-electron chi connectivity index (χ0n) is 70.2. The van der Waals surface area contributed by atoms with E-state index in [9.17, 15) is 0 Å². The van der Waals surface area contributed by atoms with Gasteiger partial charge < -0.3 is 36.4 Å². The molecule has 0 aliphatic heterocycles. The van der Waals surface area contributed by atoms with Gasteiger partial charge in [-0.1, -0.05) is 284 Å². The highest BCUT2D eigenvalue weighted by molar-refractivity contribution is 6.13. The van der Waals surface area contributed by atoms with Gasteiger partial charge in [-0.3, -0.25) is 0 Å². The summed E-state index contributed by atoms with van der Waals surface area (Å²) in [4.78, 5) is 18.3. The molecular formula is C111H82N12O4. The molecule has 0 unspecified atom stereocenters. The summed E-state index contributed by atoms with van der Waals surface area (Å²) in [5.74, 6) is 4.45. The molecule has 0 fully saturated rings. The van der Waals surface area contributed by atoms with Crippen LogP contribution in [0.2, 0.25) is 0 Å². The predicted molar refractivity (Wildman–Crippen MR) is 511 cm³/mol. The summed E-state index contributed by atoms with van der Waals surface area (Å²) in [6.45, 7) is 11.1. The molecule has 16 nitrogen and oxygen atoms in total. The fraction of sp³-hybridized carbons (Fsp3) is 0.0631. The monoisotopic (exact) mass is 1650 g/mol. The van der Waals surface area contributed by atoms with E-state index in [-0.39, 0.29) is 5.41 Å². The highest BCUT2D eigenvalue weighted by Crippen LogP contribution is 2.41. The molecule has 24 aromatic rings. The third-order valence-corrected chi connectivity index (χ3v) is 23.4. The first kappa shape index (κ1) is 77.6. The number of benzene rings is 16. The zero-order valence-corrected chi connectivity index (χ0v) is 70.2. The fourth-order valence-electron chi connectivity index (χ4n) is 17.0. The molecule has 0 N–H and O–H groups in total. The zero-order chi connectivity index (χ0) is 85.5. The number of aryl methyl sites for hydroxylation is 2.